The predicted octanol–water partition coefficient (Wildman–Crippen LogP) is 2.68. The summed E-state index contributed by atoms with van der Waals surface area (Å²) in [6, 6.07) is 4.00. The van der Waals surface area contributed by atoms with Crippen molar-refractivity contribution in [1.82, 2.24) is 14.8 Å². The molecule has 0 saturated carbocycles. The average molecular weight is 297 g/mol. The Balaban J connectivity index is 2.12. The summed E-state index contributed by atoms with van der Waals surface area (Å²) < 4.78 is 6.91. The first-order valence-electron chi connectivity index (χ1n) is 6.01. The molecule has 0 radical (unpaired) electrons. The van der Waals surface area contributed by atoms with Gasteiger partial charge in [-0.1, -0.05) is 17.8 Å². The van der Waals surface area contributed by atoms with E-state index in [4.69, 9.17) is 4.74 Å². The zero-order valence-electron chi connectivity index (χ0n) is 10.8. The van der Waals surface area contributed by atoms with Crippen molar-refractivity contribution >= 4 is 29.1 Å². The molecular formula is C12H15N3O2S2. The molecule has 0 aliphatic rings. The molecule has 0 atom stereocenters. The summed E-state index contributed by atoms with van der Waals surface area (Å²) in [5.41, 5.74) is 0. The van der Waals surface area contributed by atoms with Crippen molar-refractivity contribution in [3.05, 3.63) is 17.5 Å². The van der Waals surface area contributed by atoms with Gasteiger partial charge in [-0.25, -0.2) is 0 Å². The smallest absolute Gasteiger partial charge is 0.316 e. The topological polar surface area (TPSA) is 57.0 Å². The van der Waals surface area contributed by atoms with Gasteiger partial charge in [0.2, 0.25) is 0 Å². The first-order valence-corrected chi connectivity index (χ1v) is 7.88. The van der Waals surface area contributed by atoms with E-state index < -0.39 is 0 Å². The fourth-order valence-corrected chi connectivity index (χ4v) is 3.11. The fourth-order valence-electron chi connectivity index (χ4n) is 1.59. The van der Waals surface area contributed by atoms with E-state index in [1.165, 1.54) is 11.8 Å². The Kier molecular flexibility index (Phi) is 4.98. The maximum Gasteiger partial charge on any atom is 0.316 e. The summed E-state index contributed by atoms with van der Waals surface area (Å²) >= 11 is 2.98. The number of thiophene rings is 1. The molecule has 7 heteroatoms. The Labute approximate surface area is 120 Å². The van der Waals surface area contributed by atoms with Gasteiger partial charge in [0.05, 0.1) is 17.2 Å². The van der Waals surface area contributed by atoms with E-state index in [9.17, 15) is 4.79 Å². The average Bonchev–Trinajstić information content (AvgIpc) is 3.05. The van der Waals surface area contributed by atoms with Gasteiger partial charge in [0.1, 0.15) is 0 Å². The number of esters is 1. The zero-order chi connectivity index (χ0) is 13.7. The van der Waals surface area contributed by atoms with E-state index in [1.807, 2.05) is 29.0 Å². The Bertz CT molecular complexity index is 537. The van der Waals surface area contributed by atoms with Crippen LogP contribution < -0.4 is 0 Å². The lowest BCUT2D eigenvalue weighted by molar-refractivity contribution is -0.139. The predicted molar refractivity (Wildman–Crippen MR) is 76.4 cm³/mol. The maximum atomic E-state index is 11.4. The summed E-state index contributed by atoms with van der Waals surface area (Å²) in [5, 5.41) is 11.1. The Morgan fingerprint density at radius 1 is 1.47 bits per heavy atom. The van der Waals surface area contributed by atoms with Crippen LogP contribution in [0.25, 0.3) is 10.7 Å². The van der Waals surface area contributed by atoms with E-state index in [0.717, 1.165) is 22.4 Å². The summed E-state index contributed by atoms with van der Waals surface area (Å²) in [6.45, 7) is 5.01. The van der Waals surface area contributed by atoms with Crippen LogP contribution in [0.3, 0.4) is 0 Å². The van der Waals surface area contributed by atoms with Crippen LogP contribution in [0.1, 0.15) is 13.8 Å². The molecule has 0 N–H and O–H groups in total. The van der Waals surface area contributed by atoms with Crippen LogP contribution >= 0.6 is 23.1 Å². The normalized spacial score (nSPS) is 10.6. The van der Waals surface area contributed by atoms with Gasteiger partial charge >= 0.3 is 5.97 Å². The van der Waals surface area contributed by atoms with Crippen molar-refractivity contribution in [2.45, 2.75) is 25.5 Å². The number of carbonyl (C=O) groups is 1. The van der Waals surface area contributed by atoms with Gasteiger partial charge < -0.3 is 9.30 Å². The molecule has 2 heterocycles. The first-order chi connectivity index (χ1) is 9.26. The van der Waals surface area contributed by atoms with E-state index >= 15 is 0 Å². The molecule has 0 spiro atoms. The van der Waals surface area contributed by atoms with Gasteiger partial charge in [-0.3, -0.25) is 4.79 Å². The van der Waals surface area contributed by atoms with Crippen LogP contribution in [0.4, 0.5) is 0 Å². The second-order valence-corrected chi connectivity index (χ2v) is 5.51. The molecule has 5 nitrogen and oxygen atoms in total. The quantitative estimate of drug-likeness (QED) is 0.606. The van der Waals surface area contributed by atoms with E-state index in [-0.39, 0.29) is 11.7 Å². The third kappa shape index (κ3) is 3.36. The van der Waals surface area contributed by atoms with Gasteiger partial charge in [0.15, 0.2) is 11.0 Å². The molecule has 0 saturated heterocycles. The monoisotopic (exact) mass is 297 g/mol. The van der Waals surface area contributed by atoms with Gasteiger partial charge in [-0.15, -0.1) is 21.5 Å². The number of hydrogen-bond acceptors (Lipinski definition) is 6. The van der Waals surface area contributed by atoms with E-state index in [0.29, 0.717) is 6.61 Å². The molecule has 19 heavy (non-hydrogen) atoms. The Morgan fingerprint density at radius 2 is 2.32 bits per heavy atom. The highest BCUT2D eigenvalue weighted by Gasteiger charge is 2.15. The third-order valence-electron chi connectivity index (χ3n) is 2.40. The zero-order valence-corrected chi connectivity index (χ0v) is 12.5. The molecule has 2 aromatic rings. The molecule has 0 aliphatic carbocycles. The number of carbonyl (C=O) groups excluding carboxylic acids is 1. The molecule has 0 aliphatic heterocycles. The van der Waals surface area contributed by atoms with Crippen LogP contribution in [-0.2, 0) is 16.1 Å². The van der Waals surface area contributed by atoms with Crippen molar-refractivity contribution in [2.75, 3.05) is 12.4 Å². The minimum Gasteiger partial charge on any atom is -0.465 e. The molecule has 0 amide bonds. The summed E-state index contributed by atoms with van der Waals surface area (Å²) in [6.07, 6.45) is 0. The number of rotatable bonds is 6. The highest BCUT2D eigenvalue weighted by atomic mass is 32.2. The standard InChI is InChI=1S/C12H15N3O2S2/c1-3-15-11(9-6-5-7-18-9)13-14-12(15)19-8-10(16)17-4-2/h5-7H,3-4,8H2,1-2H3. The number of nitrogens with zero attached hydrogens (tertiary/aromatic N) is 3. The first kappa shape index (κ1) is 14.1. The fraction of sp³-hybridized carbons (Fsp3) is 0.417. The van der Waals surface area contributed by atoms with Crippen molar-refractivity contribution in [2.24, 2.45) is 0 Å². The van der Waals surface area contributed by atoms with Gasteiger partial charge in [0.25, 0.3) is 0 Å². The van der Waals surface area contributed by atoms with Crippen molar-refractivity contribution in [3.63, 3.8) is 0 Å². The second-order valence-electron chi connectivity index (χ2n) is 3.62. The molecule has 0 fully saturated rings. The molecule has 2 rings (SSSR count). The minimum atomic E-state index is -0.226. The van der Waals surface area contributed by atoms with Crippen LogP contribution in [-0.4, -0.2) is 33.1 Å². The lowest BCUT2D eigenvalue weighted by atomic mass is 10.4. The van der Waals surface area contributed by atoms with Gasteiger partial charge in [-0.2, -0.15) is 0 Å². The lowest BCUT2D eigenvalue weighted by Gasteiger charge is -2.05. The Hall–Kier alpha value is -1.34. The highest BCUT2D eigenvalue weighted by molar-refractivity contribution is 7.99. The minimum absolute atomic E-state index is 0.226. The lowest BCUT2D eigenvalue weighted by Crippen LogP contribution is -2.08. The molecule has 102 valence electrons. The van der Waals surface area contributed by atoms with Crippen LogP contribution in [0.2, 0.25) is 0 Å². The largest absolute Gasteiger partial charge is 0.465 e. The highest BCUT2D eigenvalue weighted by Crippen LogP contribution is 2.27. The van der Waals surface area contributed by atoms with Crippen LogP contribution in [0.5, 0.6) is 0 Å². The summed E-state index contributed by atoms with van der Waals surface area (Å²) in [4.78, 5) is 12.4. The third-order valence-corrected chi connectivity index (χ3v) is 4.21. The molecule has 2 aromatic heterocycles. The molecule has 0 bridgehead atoms. The number of thioether (sulfide) groups is 1. The Morgan fingerprint density at radius 3 is 2.95 bits per heavy atom. The molecule has 0 aromatic carbocycles. The summed E-state index contributed by atoms with van der Waals surface area (Å²) in [5.74, 6) is 0.885. The number of ether oxygens (including phenoxy) is 1. The summed E-state index contributed by atoms with van der Waals surface area (Å²) in [7, 11) is 0. The second kappa shape index (κ2) is 6.72. The number of hydrogen-bond donors (Lipinski definition) is 0. The number of aromatic nitrogens is 3. The molecule has 0 unspecified atom stereocenters. The maximum absolute atomic E-state index is 11.4. The SMILES string of the molecule is CCOC(=O)CSc1nnc(-c2cccs2)n1CC. The van der Waals surface area contributed by atoms with Crippen molar-refractivity contribution in [3.8, 4) is 10.7 Å². The van der Waals surface area contributed by atoms with E-state index in [1.54, 1.807) is 18.3 Å². The van der Waals surface area contributed by atoms with Crippen LogP contribution in [0, 0.1) is 0 Å². The van der Waals surface area contributed by atoms with Crippen molar-refractivity contribution in [1.29, 1.82) is 0 Å². The van der Waals surface area contributed by atoms with E-state index in [2.05, 4.69) is 10.2 Å². The van der Waals surface area contributed by atoms with Crippen molar-refractivity contribution < 1.29 is 9.53 Å². The van der Waals surface area contributed by atoms with Crippen LogP contribution in [0.15, 0.2) is 22.7 Å². The van der Waals surface area contributed by atoms with Gasteiger partial charge in [0, 0.05) is 6.54 Å². The van der Waals surface area contributed by atoms with Gasteiger partial charge in [-0.05, 0) is 25.3 Å². The molecular weight excluding hydrogens is 282 g/mol.